The van der Waals surface area contributed by atoms with Crippen LogP contribution in [0.15, 0.2) is 29.1 Å². The van der Waals surface area contributed by atoms with Gasteiger partial charge in [0.15, 0.2) is 0 Å². The molecule has 19 heavy (non-hydrogen) atoms. The van der Waals surface area contributed by atoms with Crippen molar-refractivity contribution < 1.29 is 0 Å². The van der Waals surface area contributed by atoms with Crippen molar-refractivity contribution in [3.8, 4) is 0 Å². The maximum Gasteiger partial charge on any atom is 0.255 e. The monoisotopic (exact) mass is 255 g/mol. The highest BCUT2D eigenvalue weighted by atomic mass is 16.1. The van der Waals surface area contributed by atoms with Gasteiger partial charge in [-0.3, -0.25) is 4.79 Å². The third-order valence-electron chi connectivity index (χ3n) is 3.48. The number of H-pyrrole nitrogens is 1. The van der Waals surface area contributed by atoms with E-state index < -0.39 is 0 Å². The summed E-state index contributed by atoms with van der Waals surface area (Å²) < 4.78 is 0. The van der Waals surface area contributed by atoms with Crippen LogP contribution in [0.25, 0.3) is 0 Å². The molecule has 0 atom stereocenters. The second kappa shape index (κ2) is 4.97. The van der Waals surface area contributed by atoms with E-state index in [1.54, 1.807) is 0 Å². The Labute approximate surface area is 111 Å². The number of aromatic nitrogens is 2. The lowest BCUT2D eigenvalue weighted by atomic mass is 10.1. The maximum atomic E-state index is 12.0. The summed E-state index contributed by atoms with van der Waals surface area (Å²) in [7, 11) is 0. The molecule has 0 bridgehead atoms. The highest BCUT2D eigenvalue weighted by Crippen LogP contribution is 2.10. The van der Waals surface area contributed by atoms with E-state index in [4.69, 9.17) is 0 Å². The maximum absolute atomic E-state index is 12.0. The molecule has 0 unspecified atom stereocenters. The lowest BCUT2D eigenvalue weighted by molar-refractivity contribution is 0.615. The molecule has 4 nitrogen and oxygen atoms in total. The Hall–Kier alpha value is -1.94. The number of nitrogens with one attached hydrogen (secondary N) is 2. The summed E-state index contributed by atoms with van der Waals surface area (Å²) in [4.78, 5) is 19.5. The Morgan fingerprint density at radius 1 is 1.26 bits per heavy atom. The first-order valence-electron chi connectivity index (χ1n) is 6.59. The molecule has 1 aromatic carbocycles. The number of aromatic amines is 1. The van der Waals surface area contributed by atoms with Gasteiger partial charge in [0, 0.05) is 25.9 Å². The Bertz CT molecular complexity index is 643. The number of nitrogens with zero attached hydrogens (tertiary/aromatic N) is 1. The van der Waals surface area contributed by atoms with Gasteiger partial charge < -0.3 is 10.3 Å². The zero-order valence-electron chi connectivity index (χ0n) is 11.0. The minimum atomic E-state index is -0.000637. The first-order valence-corrected chi connectivity index (χ1v) is 6.59. The SMILES string of the molecule is Cc1ccc(Cc2nc3c(c(=O)[nH]2)CNCC3)cc1. The van der Waals surface area contributed by atoms with Crippen LogP contribution in [0.5, 0.6) is 0 Å². The van der Waals surface area contributed by atoms with Crippen LogP contribution in [-0.2, 0) is 19.4 Å². The number of fused-ring (bicyclic) bond motifs is 1. The molecular formula is C15H17N3O. The normalized spacial score (nSPS) is 14.2. The van der Waals surface area contributed by atoms with Crippen LogP contribution in [0.3, 0.4) is 0 Å². The Morgan fingerprint density at radius 3 is 2.84 bits per heavy atom. The molecule has 4 heteroatoms. The van der Waals surface area contributed by atoms with Crippen LogP contribution in [0.2, 0.25) is 0 Å². The van der Waals surface area contributed by atoms with Crippen LogP contribution in [-0.4, -0.2) is 16.5 Å². The van der Waals surface area contributed by atoms with Gasteiger partial charge in [0.05, 0.1) is 11.3 Å². The fourth-order valence-corrected chi connectivity index (χ4v) is 2.39. The number of hydrogen-bond acceptors (Lipinski definition) is 3. The van der Waals surface area contributed by atoms with E-state index in [0.717, 1.165) is 30.0 Å². The molecule has 2 heterocycles. The third kappa shape index (κ3) is 2.58. The minimum absolute atomic E-state index is 0.000637. The predicted molar refractivity (Wildman–Crippen MR) is 74.3 cm³/mol. The zero-order chi connectivity index (χ0) is 13.2. The summed E-state index contributed by atoms with van der Waals surface area (Å²) in [5.41, 5.74) is 4.15. The minimum Gasteiger partial charge on any atom is -0.312 e. The third-order valence-corrected chi connectivity index (χ3v) is 3.48. The smallest absolute Gasteiger partial charge is 0.255 e. The second-order valence-electron chi connectivity index (χ2n) is 5.03. The molecule has 0 saturated heterocycles. The molecule has 2 aromatic rings. The quantitative estimate of drug-likeness (QED) is 0.850. The van der Waals surface area contributed by atoms with E-state index in [-0.39, 0.29) is 5.56 Å². The Kier molecular flexibility index (Phi) is 3.17. The summed E-state index contributed by atoms with van der Waals surface area (Å²) >= 11 is 0. The van der Waals surface area contributed by atoms with Gasteiger partial charge in [-0.15, -0.1) is 0 Å². The van der Waals surface area contributed by atoms with Crippen LogP contribution >= 0.6 is 0 Å². The molecule has 1 aromatic heterocycles. The highest BCUT2D eigenvalue weighted by Gasteiger charge is 2.14. The first-order chi connectivity index (χ1) is 9.22. The Balaban J connectivity index is 1.91. The largest absolute Gasteiger partial charge is 0.312 e. The van der Waals surface area contributed by atoms with Gasteiger partial charge in [-0.2, -0.15) is 0 Å². The average molecular weight is 255 g/mol. The molecule has 0 amide bonds. The molecule has 3 rings (SSSR count). The summed E-state index contributed by atoms with van der Waals surface area (Å²) in [6, 6.07) is 8.32. The van der Waals surface area contributed by atoms with Crippen LogP contribution in [0.1, 0.15) is 28.2 Å². The van der Waals surface area contributed by atoms with E-state index in [1.165, 1.54) is 11.1 Å². The predicted octanol–water partition coefficient (Wildman–Crippen LogP) is 1.31. The van der Waals surface area contributed by atoms with Crippen molar-refractivity contribution in [1.82, 2.24) is 15.3 Å². The second-order valence-corrected chi connectivity index (χ2v) is 5.03. The number of aryl methyl sites for hydroxylation is 1. The van der Waals surface area contributed by atoms with Crippen LogP contribution in [0, 0.1) is 6.92 Å². The first kappa shape index (κ1) is 12.1. The summed E-state index contributed by atoms with van der Waals surface area (Å²) in [5.74, 6) is 0.759. The molecule has 2 N–H and O–H groups in total. The van der Waals surface area contributed by atoms with Gasteiger partial charge in [-0.05, 0) is 12.5 Å². The van der Waals surface area contributed by atoms with Crippen molar-refractivity contribution in [2.75, 3.05) is 6.54 Å². The van der Waals surface area contributed by atoms with Crippen LogP contribution < -0.4 is 10.9 Å². The lowest BCUT2D eigenvalue weighted by Gasteiger charge is -2.15. The zero-order valence-corrected chi connectivity index (χ0v) is 11.0. The van der Waals surface area contributed by atoms with Crippen molar-refractivity contribution in [1.29, 1.82) is 0 Å². The average Bonchev–Trinajstić information content (AvgIpc) is 2.42. The molecule has 1 aliphatic heterocycles. The fraction of sp³-hybridized carbons (Fsp3) is 0.333. The molecule has 0 aliphatic carbocycles. The number of benzene rings is 1. The standard InChI is InChI=1S/C15H17N3O/c1-10-2-4-11(5-3-10)8-14-17-13-6-7-16-9-12(13)15(19)18-14/h2-5,16H,6-9H2,1H3,(H,17,18,19). The number of hydrogen-bond donors (Lipinski definition) is 2. The van der Waals surface area contributed by atoms with E-state index in [9.17, 15) is 4.79 Å². The summed E-state index contributed by atoms with van der Waals surface area (Å²) in [5, 5.41) is 3.20. The Morgan fingerprint density at radius 2 is 2.05 bits per heavy atom. The van der Waals surface area contributed by atoms with Gasteiger partial charge in [0.25, 0.3) is 5.56 Å². The van der Waals surface area contributed by atoms with Crippen molar-refractivity contribution in [3.05, 3.63) is 62.8 Å². The molecule has 0 spiro atoms. The van der Waals surface area contributed by atoms with Gasteiger partial charge in [0.1, 0.15) is 5.82 Å². The molecule has 0 saturated carbocycles. The van der Waals surface area contributed by atoms with E-state index >= 15 is 0 Å². The highest BCUT2D eigenvalue weighted by molar-refractivity contribution is 5.26. The topological polar surface area (TPSA) is 57.8 Å². The van der Waals surface area contributed by atoms with Crippen molar-refractivity contribution in [2.24, 2.45) is 0 Å². The van der Waals surface area contributed by atoms with E-state index in [2.05, 4.69) is 46.5 Å². The van der Waals surface area contributed by atoms with Gasteiger partial charge in [-0.25, -0.2) is 4.98 Å². The fourth-order valence-electron chi connectivity index (χ4n) is 2.39. The van der Waals surface area contributed by atoms with Crippen molar-refractivity contribution in [3.63, 3.8) is 0 Å². The summed E-state index contributed by atoms with van der Waals surface area (Å²) in [6.45, 7) is 3.59. The lowest BCUT2D eigenvalue weighted by Crippen LogP contribution is -2.32. The molecular weight excluding hydrogens is 238 g/mol. The van der Waals surface area contributed by atoms with Gasteiger partial charge >= 0.3 is 0 Å². The van der Waals surface area contributed by atoms with Crippen molar-refractivity contribution in [2.45, 2.75) is 26.3 Å². The van der Waals surface area contributed by atoms with Crippen LogP contribution in [0.4, 0.5) is 0 Å². The number of rotatable bonds is 2. The summed E-state index contributed by atoms with van der Waals surface area (Å²) in [6.07, 6.45) is 1.51. The van der Waals surface area contributed by atoms with E-state index in [0.29, 0.717) is 13.0 Å². The van der Waals surface area contributed by atoms with E-state index in [1.807, 2.05) is 0 Å². The van der Waals surface area contributed by atoms with Gasteiger partial charge in [0.2, 0.25) is 0 Å². The molecule has 0 radical (unpaired) electrons. The van der Waals surface area contributed by atoms with Gasteiger partial charge in [-0.1, -0.05) is 29.8 Å². The molecule has 0 fully saturated rings. The van der Waals surface area contributed by atoms with Crippen molar-refractivity contribution >= 4 is 0 Å². The molecule has 1 aliphatic rings. The molecule has 98 valence electrons.